The van der Waals surface area contributed by atoms with Crippen molar-refractivity contribution in [2.75, 3.05) is 23.7 Å². The molecule has 1 aliphatic rings. The lowest BCUT2D eigenvalue weighted by Gasteiger charge is -2.35. The smallest absolute Gasteiger partial charge is 0.255 e. The van der Waals surface area contributed by atoms with Crippen molar-refractivity contribution in [3.63, 3.8) is 0 Å². The van der Waals surface area contributed by atoms with Gasteiger partial charge in [0.1, 0.15) is 24.2 Å². The van der Waals surface area contributed by atoms with Crippen molar-refractivity contribution >= 4 is 69.0 Å². The van der Waals surface area contributed by atoms with Crippen LogP contribution in [0.1, 0.15) is 97.8 Å². The van der Waals surface area contributed by atoms with Crippen LogP contribution in [0.2, 0.25) is 0 Å². The normalized spacial score (nSPS) is 15.4. The van der Waals surface area contributed by atoms with E-state index in [-0.39, 0.29) is 49.1 Å². The molecular weight excluding hydrogens is 929 g/mol. The van der Waals surface area contributed by atoms with Crippen molar-refractivity contribution in [2.45, 2.75) is 91.0 Å². The highest BCUT2D eigenvalue weighted by atomic mass is 32.1. The van der Waals surface area contributed by atoms with E-state index in [1.165, 1.54) is 11.2 Å². The summed E-state index contributed by atoms with van der Waals surface area (Å²) >= 11 is 1.57. The second-order valence-corrected chi connectivity index (χ2v) is 20.1. The van der Waals surface area contributed by atoms with E-state index < -0.39 is 29.5 Å². The average Bonchev–Trinajstić information content (AvgIpc) is 4.12. The summed E-state index contributed by atoms with van der Waals surface area (Å²) < 4.78 is 0. The van der Waals surface area contributed by atoms with E-state index in [1.807, 2.05) is 113 Å². The van der Waals surface area contributed by atoms with Crippen LogP contribution in [0.15, 0.2) is 121 Å². The lowest BCUT2D eigenvalue weighted by molar-refractivity contribution is -0.144. The van der Waals surface area contributed by atoms with Gasteiger partial charge in [0.05, 0.1) is 33.9 Å². The first-order valence-corrected chi connectivity index (χ1v) is 25.0. The summed E-state index contributed by atoms with van der Waals surface area (Å²) in [5.74, 6) is -1.12. The lowest BCUT2D eigenvalue weighted by Crippen LogP contribution is -2.57. The molecule has 17 heteroatoms. The van der Waals surface area contributed by atoms with Crippen LogP contribution in [0.3, 0.4) is 0 Å². The van der Waals surface area contributed by atoms with Crippen molar-refractivity contribution in [1.29, 1.82) is 0 Å². The summed E-state index contributed by atoms with van der Waals surface area (Å²) in [7, 11) is 0. The highest BCUT2D eigenvalue weighted by Crippen LogP contribution is 2.31. The zero-order valence-corrected chi connectivity index (χ0v) is 41.8. The number of para-hydroxylation sites is 1. The fraction of sp³-hybridized carbons (Fsp3) is 0.309. The monoisotopic (exact) mass is 988 g/mol. The summed E-state index contributed by atoms with van der Waals surface area (Å²) in [6, 6.07) is 29.3. The predicted molar refractivity (Wildman–Crippen MR) is 281 cm³/mol. The molecule has 0 aliphatic carbocycles. The van der Waals surface area contributed by atoms with Crippen molar-refractivity contribution in [3.8, 4) is 21.7 Å². The molecule has 0 saturated carbocycles. The summed E-state index contributed by atoms with van der Waals surface area (Å²) in [6.45, 7) is 9.77. The van der Waals surface area contributed by atoms with Crippen LogP contribution < -0.4 is 26.6 Å². The fourth-order valence-electron chi connectivity index (χ4n) is 8.80. The molecular formula is C55H60N10O6S. The number of aryl methyl sites for hydroxylation is 1. The molecule has 8 rings (SSSR count). The van der Waals surface area contributed by atoms with Crippen LogP contribution in [-0.2, 0) is 14.4 Å². The Bertz CT molecular complexity index is 3060. The molecule has 16 nitrogen and oxygen atoms in total. The van der Waals surface area contributed by atoms with Gasteiger partial charge in [-0.2, -0.15) is 0 Å². The Morgan fingerprint density at radius 1 is 0.833 bits per heavy atom. The Hall–Kier alpha value is -7.76. The van der Waals surface area contributed by atoms with Gasteiger partial charge in [0.2, 0.25) is 17.7 Å². The van der Waals surface area contributed by atoms with E-state index in [0.717, 1.165) is 49.5 Å². The van der Waals surface area contributed by atoms with Crippen LogP contribution in [0.25, 0.3) is 32.6 Å². The molecule has 4 atom stereocenters. The Morgan fingerprint density at radius 2 is 1.57 bits per heavy atom. The van der Waals surface area contributed by atoms with Crippen molar-refractivity contribution in [3.05, 3.63) is 144 Å². The van der Waals surface area contributed by atoms with E-state index >= 15 is 0 Å². The maximum atomic E-state index is 14.1. The number of thiazole rings is 1. The van der Waals surface area contributed by atoms with Crippen LogP contribution in [0.4, 0.5) is 17.2 Å². The molecule has 4 aromatic carbocycles. The first-order chi connectivity index (χ1) is 34.6. The van der Waals surface area contributed by atoms with Crippen LogP contribution in [-0.4, -0.2) is 90.8 Å². The number of carbonyl (C=O) groups is 5. The van der Waals surface area contributed by atoms with Crippen LogP contribution in [0, 0.1) is 12.3 Å². The molecule has 4 heterocycles. The number of fused-ring (bicyclic) bond motifs is 1. The number of anilines is 3. The number of hydrogen-bond donors (Lipinski definition) is 7. The Balaban J connectivity index is 0.755. The summed E-state index contributed by atoms with van der Waals surface area (Å²) in [5.41, 5.74) is 8.84. The van der Waals surface area contributed by atoms with Gasteiger partial charge >= 0.3 is 0 Å². The number of H-pyrrole nitrogens is 1. The molecule has 1 aliphatic heterocycles. The van der Waals surface area contributed by atoms with Gasteiger partial charge in [0.15, 0.2) is 0 Å². The van der Waals surface area contributed by atoms with Crippen molar-refractivity contribution < 1.29 is 29.1 Å². The minimum Gasteiger partial charge on any atom is -0.391 e. The second kappa shape index (κ2) is 22.5. The maximum absolute atomic E-state index is 14.1. The standard InChI is InChI=1S/C55H60N10O6S/c1-33(35-17-19-36(20-18-35)49-34(2)60-32-72-49)61-53(70)46-27-41(66)30-65(46)54(71)50(55(3,4)5)64-48(67)16-7-6-10-25-56-51(68)37-21-23-38(24-22-37)52(69)63-40-13-11-12-39(26-40)62-47-28-45(58-31-59-47)43-29-57-44-15-9-8-14-42(43)44/h8-9,11-15,17-24,26,28-29,31-33,41,46,50,57,66H,6-7,10,16,25,27,30H2,1-5H3,(H,56,68)(H,61,70)(H,63,69)(H,64,67)(H,58,59,62)/t33-,41+,46?,50+/m1/s1. The molecule has 5 amide bonds. The first-order valence-electron chi connectivity index (χ1n) is 24.1. The van der Waals surface area contributed by atoms with Crippen LogP contribution >= 0.6 is 11.3 Å². The molecule has 0 spiro atoms. The van der Waals surface area contributed by atoms with Gasteiger partial charge in [-0.1, -0.05) is 75.7 Å². The Kier molecular flexibility index (Phi) is 15.9. The minimum atomic E-state index is -0.932. The molecule has 1 unspecified atom stereocenters. The summed E-state index contributed by atoms with van der Waals surface area (Å²) in [4.78, 5) is 86.2. The first kappa shape index (κ1) is 50.6. The molecule has 1 fully saturated rings. The highest BCUT2D eigenvalue weighted by Gasteiger charge is 2.44. The number of likely N-dealkylation sites (tertiary alicyclic amines) is 1. The van der Waals surface area contributed by atoms with E-state index in [0.29, 0.717) is 48.4 Å². The zero-order valence-electron chi connectivity index (χ0n) is 41.0. The Labute approximate surface area is 422 Å². The Morgan fingerprint density at radius 3 is 2.31 bits per heavy atom. The molecule has 7 aromatic rings. The number of aromatic nitrogens is 4. The molecule has 72 heavy (non-hydrogen) atoms. The van der Waals surface area contributed by atoms with Gasteiger partial charge < -0.3 is 41.6 Å². The number of amides is 5. The van der Waals surface area contributed by atoms with Crippen LogP contribution in [0.5, 0.6) is 0 Å². The van der Waals surface area contributed by atoms with E-state index in [9.17, 15) is 29.1 Å². The van der Waals surface area contributed by atoms with Gasteiger partial charge in [-0.3, -0.25) is 24.0 Å². The van der Waals surface area contributed by atoms with Gasteiger partial charge in [-0.05, 0) is 91.8 Å². The third-order valence-corrected chi connectivity index (χ3v) is 13.7. The average molecular weight is 989 g/mol. The predicted octanol–water partition coefficient (Wildman–Crippen LogP) is 8.71. The number of unbranched alkanes of at least 4 members (excludes halogenated alkanes) is 2. The topological polar surface area (TPSA) is 223 Å². The highest BCUT2D eigenvalue weighted by molar-refractivity contribution is 7.13. The number of aliphatic hydroxyl groups is 1. The third kappa shape index (κ3) is 12.4. The third-order valence-electron chi connectivity index (χ3n) is 12.8. The van der Waals surface area contributed by atoms with Crippen molar-refractivity contribution in [1.82, 2.24) is 40.8 Å². The number of aliphatic hydroxyl groups excluding tert-OH is 1. The molecule has 0 radical (unpaired) electrons. The number of aromatic amines is 1. The quantitative estimate of drug-likeness (QED) is 0.0405. The SMILES string of the molecule is Cc1ncsc1-c1ccc([C@@H](C)NC(=O)C2C[C@H](O)CN2C(=O)[C@H](NC(=O)CCCCCNC(=O)c2ccc(C(=O)Nc3cccc(Nc4cc(-c5c[nH]c6ccccc56)ncn4)c3)cc2)C(C)(C)C)cc1. The number of benzene rings is 4. The fourth-order valence-corrected chi connectivity index (χ4v) is 9.61. The van der Waals surface area contributed by atoms with Gasteiger partial charge in [-0.15, -0.1) is 11.3 Å². The lowest BCUT2D eigenvalue weighted by atomic mass is 9.85. The molecule has 3 aromatic heterocycles. The number of nitrogens with one attached hydrogen (secondary N) is 6. The largest absolute Gasteiger partial charge is 0.391 e. The molecule has 7 N–H and O–H groups in total. The van der Waals surface area contributed by atoms with Crippen molar-refractivity contribution in [2.24, 2.45) is 5.41 Å². The zero-order chi connectivity index (χ0) is 50.9. The maximum Gasteiger partial charge on any atom is 0.255 e. The van der Waals surface area contributed by atoms with E-state index in [1.54, 1.807) is 47.7 Å². The number of nitrogens with zero attached hydrogens (tertiary/aromatic N) is 4. The number of hydrogen-bond acceptors (Lipinski definition) is 11. The number of carbonyl (C=O) groups excluding carboxylic acids is 5. The van der Waals surface area contributed by atoms with Gasteiger partial charge in [0.25, 0.3) is 11.8 Å². The number of rotatable bonds is 18. The summed E-state index contributed by atoms with van der Waals surface area (Å²) in [6.07, 6.45) is 4.60. The molecule has 372 valence electrons. The van der Waals surface area contributed by atoms with E-state index in [4.69, 9.17) is 0 Å². The minimum absolute atomic E-state index is 0.0163. The number of β-amino-alcohol motifs (C(OH)–C–C–N with tert-alkyl or cyclic N) is 1. The second-order valence-electron chi connectivity index (χ2n) is 19.2. The van der Waals surface area contributed by atoms with Gasteiger partial charge in [0, 0.05) is 77.2 Å². The summed E-state index contributed by atoms with van der Waals surface area (Å²) in [5, 5.41) is 26.8. The molecule has 0 bridgehead atoms. The molecule has 1 saturated heterocycles. The van der Waals surface area contributed by atoms with E-state index in [2.05, 4.69) is 46.5 Å². The van der Waals surface area contributed by atoms with Gasteiger partial charge in [-0.25, -0.2) is 15.0 Å².